The van der Waals surface area contributed by atoms with Crippen LogP contribution in [0.2, 0.25) is 0 Å². The Morgan fingerprint density at radius 1 is 0.953 bits per heavy atom. The lowest BCUT2D eigenvalue weighted by molar-refractivity contribution is -0.143. The molecule has 4 aromatic carbocycles. The molecule has 2 aliphatic heterocycles. The van der Waals surface area contributed by atoms with E-state index in [1.165, 1.54) is 0 Å². The van der Waals surface area contributed by atoms with Crippen molar-refractivity contribution in [3.05, 3.63) is 96.1 Å². The standard InChI is InChI=1S/C35H36N2O6/c1-3-4-18-37(29-11-7-9-23-8-5-6-10-27(23)29)32(38)21-36-20-28(25-14-17-30-31(19-25)43-22-42-30)33(35(39)40)34(36)24-12-15-26(41-2)16-13-24/h5-17,19,28,33-34H,3-4,18,20-22H2,1-2H3,(H,39,40)/t28?,33-,34+/m0/s1. The van der Waals surface area contributed by atoms with Crippen LogP contribution >= 0.6 is 0 Å². The van der Waals surface area contributed by atoms with E-state index in [1.807, 2.05) is 82.6 Å². The van der Waals surface area contributed by atoms with Crippen molar-refractivity contribution in [2.24, 2.45) is 5.92 Å². The first kappa shape index (κ1) is 28.6. The quantitative estimate of drug-likeness (QED) is 0.237. The molecule has 4 aromatic rings. The lowest BCUT2D eigenvalue weighted by Crippen LogP contribution is -2.41. The summed E-state index contributed by atoms with van der Waals surface area (Å²) in [6, 6.07) is 26.7. The SMILES string of the molecule is CCCCN(C(=O)CN1CC(c2ccc3c(c2)OCO3)[C@H](C(=O)O)[C@H]1c1ccc(OC)cc1)c1cccc2ccccc12. The molecule has 0 radical (unpaired) electrons. The van der Waals surface area contributed by atoms with E-state index in [0.717, 1.165) is 40.4 Å². The van der Waals surface area contributed by atoms with Crippen LogP contribution in [0, 0.1) is 5.92 Å². The maximum Gasteiger partial charge on any atom is 0.309 e. The van der Waals surface area contributed by atoms with Crippen molar-refractivity contribution in [2.45, 2.75) is 31.7 Å². The number of methoxy groups -OCH3 is 1. The van der Waals surface area contributed by atoms with Crippen molar-refractivity contribution in [2.75, 3.05) is 38.4 Å². The molecule has 1 N–H and O–H groups in total. The fraction of sp³-hybridized carbons (Fsp3) is 0.314. The highest BCUT2D eigenvalue weighted by atomic mass is 16.7. The van der Waals surface area contributed by atoms with Crippen LogP contribution in [-0.2, 0) is 9.59 Å². The van der Waals surface area contributed by atoms with Crippen LogP contribution in [0.5, 0.6) is 17.2 Å². The summed E-state index contributed by atoms with van der Waals surface area (Å²) in [5, 5.41) is 12.7. The predicted octanol–water partition coefficient (Wildman–Crippen LogP) is 6.25. The molecule has 222 valence electrons. The average molecular weight is 581 g/mol. The Labute approximate surface area is 251 Å². The molecular weight excluding hydrogens is 544 g/mol. The van der Waals surface area contributed by atoms with Crippen molar-refractivity contribution >= 4 is 28.3 Å². The molecule has 1 fully saturated rings. The first-order valence-corrected chi connectivity index (χ1v) is 14.8. The van der Waals surface area contributed by atoms with Crippen LogP contribution in [0.25, 0.3) is 10.8 Å². The van der Waals surface area contributed by atoms with Crippen LogP contribution in [0.3, 0.4) is 0 Å². The molecule has 2 heterocycles. The minimum absolute atomic E-state index is 0.0567. The molecule has 8 nitrogen and oxygen atoms in total. The van der Waals surface area contributed by atoms with Crippen molar-refractivity contribution in [1.82, 2.24) is 4.90 Å². The summed E-state index contributed by atoms with van der Waals surface area (Å²) in [7, 11) is 1.60. The maximum atomic E-state index is 14.3. The Hall–Kier alpha value is -4.56. The molecule has 0 saturated carbocycles. The monoisotopic (exact) mass is 580 g/mol. The number of benzene rings is 4. The van der Waals surface area contributed by atoms with Gasteiger partial charge in [0.05, 0.1) is 25.3 Å². The highest BCUT2D eigenvalue weighted by molar-refractivity contribution is 6.04. The molecular formula is C35H36N2O6. The van der Waals surface area contributed by atoms with Crippen molar-refractivity contribution in [3.8, 4) is 17.2 Å². The summed E-state index contributed by atoms with van der Waals surface area (Å²) in [4.78, 5) is 31.2. The van der Waals surface area contributed by atoms with Crippen molar-refractivity contribution in [3.63, 3.8) is 0 Å². The second-order valence-electron chi connectivity index (χ2n) is 11.1. The van der Waals surface area contributed by atoms with Crippen LogP contribution in [-0.4, -0.2) is 55.4 Å². The minimum atomic E-state index is -0.907. The van der Waals surface area contributed by atoms with E-state index in [-0.39, 0.29) is 25.2 Å². The highest BCUT2D eigenvalue weighted by Gasteiger charge is 2.48. The number of nitrogens with zero attached hydrogens (tertiary/aromatic N) is 2. The maximum absolute atomic E-state index is 14.3. The number of hydrogen-bond donors (Lipinski definition) is 1. The fourth-order valence-electron chi connectivity index (χ4n) is 6.47. The van der Waals surface area contributed by atoms with Gasteiger partial charge in [0.25, 0.3) is 0 Å². The zero-order chi connectivity index (χ0) is 29.9. The molecule has 0 aliphatic carbocycles. The second-order valence-corrected chi connectivity index (χ2v) is 11.1. The zero-order valence-corrected chi connectivity index (χ0v) is 24.4. The lowest BCUT2D eigenvalue weighted by Gasteiger charge is -2.30. The van der Waals surface area contributed by atoms with E-state index in [2.05, 4.69) is 19.1 Å². The Bertz CT molecular complexity index is 1620. The molecule has 0 aromatic heterocycles. The summed E-state index contributed by atoms with van der Waals surface area (Å²) in [5.74, 6) is -0.177. The minimum Gasteiger partial charge on any atom is -0.497 e. The van der Waals surface area contributed by atoms with Gasteiger partial charge in [-0.2, -0.15) is 0 Å². The van der Waals surface area contributed by atoms with Crippen LogP contribution in [0.4, 0.5) is 5.69 Å². The molecule has 1 amide bonds. The van der Waals surface area contributed by atoms with Gasteiger partial charge in [0.15, 0.2) is 11.5 Å². The van der Waals surface area contributed by atoms with E-state index in [1.54, 1.807) is 7.11 Å². The number of carboxylic acids is 1. The van der Waals surface area contributed by atoms with Crippen molar-refractivity contribution < 1.29 is 28.9 Å². The van der Waals surface area contributed by atoms with Crippen LogP contribution < -0.4 is 19.1 Å². The number of aliphatic carboxylic acids is 1. The molecule has 1 saturated heterocycles. The van der Waals surface area contributed by atoms with E-state index in [0.29, 0.717) is 30.3 Å². The number of fused-ring (bicyclic) bond motifs is 2. The highest BCUT2D eigenvalue weighted by Crippen LogP contribution is 2.48. The van der Waals surface area contributed by atoms with Gasteiger partial charge in [0.2, 0.25) is 12.7 Å². The number of unbranched alkanes of at least 4 members (excludes halogenated alkanes) is 1. The first-order valence-electron chi connectivity index (χ1n) is 14.8. The normalized spacial score (nSPS) is 19.4. The van der Waals surface area contributed by atoms with Gasteiger partial charge in [-0.25, -0.2) is 0 Å². The van der Waals surface area contributed by atoms with E-state index >= 15 is 0 Å². The molecule has 2 aliphatic rings. The van der Waals surface area contributed by atoms with Crippen molar-refractivity contribution in [1.29, 1.82) is 0 Å². The van der Waals surface area contributed by atoms with E-state index < -0.39 is 17.9 Å². The molecule has 0 spiro atoms. The first-order chi connectivity index (χ1) is 21.0. The van der Waals surface area contributed by atoms with Crippen LogP contribution in [0.1, 0.15) is 42.9 Å². The van der Waals surface area contributed by atoms with Gasteiger partial charge < -0.3 is 24.2 Å². The topological polar surface area (TPSA) is 88.5 Å². The summed E-state index contributed by atoms with van der Waals surface area (Å²) in [5.41, 5.74) is 2.55. The number of ether oxygens (including phenoxy) is 3. The van der Waals surface area contributed by atoms with Gasteiger partial charge in [-0.15, -0.1) is 0 Å². The third kappa shape index (κ3) is 5.62. The zero-order valence-electron chi connectivity index (χ0n) is 24.4. The molecule has 6 rings (SSSR count). The second kappa shape index (κ2) is 12.4. The summed E-state index contributed by atoms with van der Waals surface area (Å²) in [6.07, 6.45) is 1.80. The molecule has 8 heteroatoms. The van der Waals surface area contributed by atoms with E-state index in [4.69, 9.17) is 14.2 Å². The largest absolute Gasteiger partial charge is 0.497 e. The number of carboxylic acid groups (broad SMARTS) is 1. The number of anilines is 1. The third-order valence-electron chi connectivity index (χ3n) is 8.60. The lowest BCUT2D eigenvalue weighted by atomic mass is 9.82. The number of amides is 1. The van der Waals surface area contributed by atoms with Gasteiger partial charge in [0.1, 0.15) is 5.75 Å². The van der Waals surface area contributed by atoms with Gasteiger partial charge in [-0.3, -0.25) is 14.5 Å². The van der Waals surface area contributed by atoms with E-state index in [9.17, 15) is 14.7 Å². The number of likely N-dealkylation sites (tertiary alicyclic amines) is 1. The Balaban J connectivity index is 1.38. The summed E-state index contributed by atoms with van der Waals surface area (Å²) in [6.45, 7) is 3.31. The smallest absolute Gasteiger partial charge is 0.309 e. The molecule has 43 heavy (non-hydrogen) atoms. The number of carbonyl (C=O) groups excluding carboxylic acids is 1. The molecule has 1 unspecified atom stereocenters. The Morgan fingerprint density at radius 2 is 1.70 bits per heavy atom. The average Bonchev–Trinajstić information content (AvgIpc) is 3.66. The van der Waals surface area contributed by atoms with Gasteiger partial charge in [0, 0.05) is 30.4 Å². The number of rotatable bonds is 10. The molecule has 0 bridgehead atoms. The van der Waals surface area contributed by atoms with Gasteiger partial charge >= 0.3 is 5.97 Å². The third-order valence-corrected chi connectivity index (χ3v) is 8.60. The molecule has 3 atom stereocenters. The summed E-state index contributed by atoms with van der Waals surface area (Å²) >= 11 is 0. The van der Waals surface area contributed by atoms with Gasteiger partial charge in [-0.1, -0.05) is 67.9 Å². The van der Waals surface area contributed by atoms with Crippen LogP contribution in [0.15, 0.2) is 84.9 Å². The summed E-state index contributed by atoms with van der Waals surface area (Å²) < 4.78 is 16.5. The number of carbonyl (C=O) groups is 2. The predicted molar refractivity (Wildman–Crippen MR) is 165 cm³/mol. The number of hydrogen-bond acceptors (Lipinski definition) is 6. The Kier molecular flexibility index (Phi) is 8.20. The van der Waals surface area contributed by atoms with Gasteiger partial charge in [-0.05, 0) is 53.3 Å². The fourth-order valence-corrected chi connectivity index (χ4v) is 6.47. The Morgan fingerprint density at radius 3 is 2.47 bits per heavy atom.